The van der Waals surface area contributed by atoms with Gasteiger partial charge in [0.05, 0.1) is 7.11 Å². The summed E-state index contributed by atoms with van der Waals surface area (Å²) in [6.45, 7) is 5.78. The molecule has 0 saturated heterocycles. The summed E-state index contributed by atoms with van der Waals surface area (Å²) >= 11 is 0. The van der Waals surface area contributed by atoms with Gasteiger partial charge >= 0.3 is 0 Å². The van der Waals surface area contributed by atoms with Crippen molar-refractivity contribution in [1.29, 1.82) is 0 Å². The van der Waals surface area contributed by atoms with Gasteiger partial charge in [0.15, 0.2) is 18.1 Å². The molecule has 5 nitrogen and oxygen atoms in total. The number of ether oxygens (including phenoxy) is 2. The Morgan fingerprint density at radius 3 is 2.33 bits per heavy atom. The Bertz CT molecular complexity index is 745. The van der Waals surface area contributed by atoms with E-state index in [1.165, 1.54) is 7.11 Å². The number of anilines is 1. The molecule has 0 bridgehead atoms. The van der Waals surface area contributed by atoms with Crippen LogP contribution in [-0.2, 0) is 4.79 Å². The number of aryl methyl sites for hydroxylation is 3. The van der Waals surface area contributed by atoms with E-state index in [4.69, 9.17) is 9.47 Å². The van der Waals surface area contributed by atoms with E-state index in [2.05, 4.69) is 5.32 Å². The van der Waals surface area contributed by atoms with E-state index in [1.807, 2.05) is 32.9 Å². The van der Waals surface area contributed by atoms with E-state index in [9.17, 15) is 9.59 Å². The Morgan fingerprint density at radius 1 is 1.08 bits per heavy atom. The number of carbonyl (C=O) groups is 2. The second kappa shape index (κ2) is 7.64. The molecule has 0 heterocycles. The predicted molar refractivity (Wildman–Crippen MR) is 93.2 cm³/mol. The molecular weight excluding hydrogens is 306 g/mol. The SMILES string of the molecule is COc1cc(C=O)ccc1OCC(=O)Nc1c(C)cc(C)cc1C. The molecular formula is C19H21NO4. The molecule has 0 aliphatic rings. The highest BCUT2D eigenvalue weighted by atomic mass is 16.5. The molecule has 0 atom stereocenters. The number of rotatable bonds is 6. The zero-order chi connectivity index (χ0) is 17.7. The Balaban J connectivity index is 2.05. The summed E-state index contributed by atoms with van der Waals surface area (Å²) in [7, 11) is 1.48. The Labute approximate surface area is 141 Å². The van der Waals surface area contributed by atoms with Gasteiger partial charge in [0.1, 0.15) is 6.29 Å². The first kappa shape index (κ1) is 17.5. The van der Waals surface area contributed by atoms with Crippen LogP contribution in [0.5, 0.6) is 11.5 Å². The molecule has 0 aromatic heterocycles. The van der Waals surface area contributed by atoms with Crippen molar-refractivity contribution in [2.24, 2.45) is 0 Å². The maximum atomic E-state index is 12.2. The third-order valence-electron chi connectivity index (χ3n) is 3.62. The third-order valence-corrected chi connectivity index (χ3v) is 3.62. The molecule has 0 fully saturated rings. The third kappa shape index (κ3) is 4.13. The van der Waals surface area contributed by atoms with Gasteiger partial charge in [-0.2, -0.15) is 0 Å². The molecule has 0 radical (unpaired) electrons. The van der Waals surface area contributed by atoms with Crippen LogP contribution in [-0.4, -0.2) is 25.9 Å². The number of carbonyl (C=O) groups excluding carboxylic acids is 2. The summed E-state index contributed by atoms with van der Waals surface area (Å²) < 4.78 is 10.7. The number of benzene rings is 2. The second-order valence-electron chi connectivity index (χ2n) is 5.64. The van der Waals surface area contributed by atoms with Crippen molar-refractivity contribution in [3.63, 3.8) is 0 Å². The molecule has 0 unspecified atom stereocenters. The zero-order valence-electron chi connectivity index (χ0n) is 14.3. The van der Waals surface area contributed by atoms with Crippen LogP contribution in [0.4, 0.5) is 5.69 Å². The van der Waals surface area contributed by atoms with Crippen LogP contribution in [0.3, 0.4) is 0 Å². The summed E-state index contributed by atoms with van der Waals surface area (Å²) in [5, 5.41) is 2.88. The van der Waals surface area contributed by atoms with Crippen molar-refractivity contribution in [2.45, 2.75) is 20.8 Å². The van der Waals surface area contributed by atoms with Gasteiger partial charge in [0, 0.05) is 11.3 Å². The lowest BCUT2D eigenvalue weighted by atomic mass is 10.1. The van der Waals surface area contributed by atoms with Crippen molar-refractivity contribution in [2.75, 3.05) is 19.0 Å². The number of hydrogen-bond donors (Lipinski definition) is 1. The zero-order valence-corrected chi connectivity index (χ0v) is 14.3. The number of methoxy groups -OCH3 is 1. The van der Waals surface area contributed by atoms with Crippen LogP contribution in [0.2, 0.25) is 0 Å². The largest absolute Gasteiger partial charge is 0.493 e. The fourth-order valence-electron chi connectivity index (χ4n) is 2.57. The summed E-state index contributed by atoms with van der Waals surface area (Å²) in [4.78, 5) is 22.9. The quantitative estimate of drug-likeness (QED) is 0.825. The monoisotopic (exact) mass is 327 g/mol. The molecule has 0 aliphatic heterocycles. The number of hydrogen-bond acceptors (Lipinski definition) is 4. The molecule has 0 saturated carbocycles. The van der Waals surface area contributed by atoms with Crippen LogP contribution in [0.1, 0.15) is 27.0 Å². The first-order chi connectivity index (χ1) is 11.4. The van der Waals surface area contributed by atoms with Crippen molar-refractivity contribution in [3.05, 3.63) is 52.6 Å². The van der Waals surface area contributed by atoms with Gasteiger partial charge < -0.3 is 14.8 Å². The van der Waals surface area contributed by atoms with Gasteiger partial charge in [0.2, 0.25) is 0 Å². The lowest BCUT2D eigenvalue weighted by Gasteiger charge is -2.14. The average molecular weight is 327 g/mol. The molecule has 2 aromatic rings. The fourth-order valence-corrected chi connectivity index (χ4v) is 2.57. The van der Waals surface area contributed by atoms with Crippen molar-refractivity contribution >= 4 is 17.9 Å². The first-order valence-electron chi connectivity index (χ1n) is 7.58. The lowest BCUT2D eigenvalue weighted by Crippen LogP contribution is -2.21. The molecule has 2 aromatic carbocycles. The molecule has 0 aliphatic carbocycles. The molecule has 0 spiro atoms. The van der Waals surface area contributed by atoms with Crippen LogP contribution >= 0.6 is 0 Å². The molecule has 1 amide bonds. The maximum absolute atomic E-state index is 12.2. The Kier molecular flexibility index (Phi) is 5.58. The smallest absolute Gasteiger partial charge is 0.262 e. The van der Waals surface area contributed by atoms with Crippen LogP contribution < -0.4 is 14.8 Å². The standard InChI is InChI=1S/C19H21NO4/c1-12-7-13(2)19(14(3)8-12)20-18(22)11-24-16-6-5-15(10-21)9-17(16)23-4/h5-10H,11H2,1-4H3,(H,20,22). The van der Waals surface area contributed by atoms with E-state index in [0.29, 0.717) is 17.1 Å². The highest BCUT2D eigenvalue weighted by Gasteiger charge is 2.11. The number of nitrogens with one attached hydrogen (secondary N) is 1. The molecule has 24 heavy (non-hydrogen) atoms. The van der Waals surface area contributed by atoms with Crippen molar-refractivity contribution in [1.82, 2.24) is 0 Å². The van der Waals surface area contributed by atoms with Gasteiger partial charge in [-0.25, -0.2) is 0 Å². The van der Waals surface area contributed by atoms with Gasteiger partial charge in [-0.05, 0) is 50.1 Å². The van der Waals surface area contributed by atoms with Gasteiger partial charge in [0.25, 0.3) is 5.91 Å². The van der Waals surface area contributed by atoms with Crippen LogP contribution in [0.25, 0.3) is 0 Å². The summed E-state index contributed by atoms with van der Waals surface area (Å²) in [6.07, 6.45) is 0.724. The minimum absolute atomic E-state index is 0.149. The maximum Gasteiger partial charge on any atom is 0.262 e. The van der Waals surface area contributed by atoms with Crippen molar-refractivity contribution < 1.29 is 19.1 Å². The minimum Gasteiger partial charge on any atom is -0.493 e. The van der Waals surface area contributed by atoms with Crippen LogP contribution in [0.15, 0.2) is 30.3 Å². The highest BCUT2D eigenvalue weighted by Crippen LogP contribution is 2.27. The molecule has 5 heteroatoms. The molecule has 126 valence electrons. The van der Waals surface area contributed by atoms with E-state index in [0.717, 1.165) is 28.7 Å². The van der Waals surface area contributed by atoms with Crippen LogP contribution in [0, 0.1) is 20.8 Å². The number of amides is 1. The van der Waals surface area contributed by atoms with E-state index in [1.54, 1.807) is 18.2 Å². The first-order valence-corrected chi connectivity index (χ1v) is 7.58. The minimum atomic E-state index is -0.258. The lowest BCUT2D eigenvalue weighted by molar-refractivity contribution is -0.118. The average Bonchev–Trinajstić information content (AvgIpc) is 2.56. The van der Waals surface area contributed by atoms with E-state index < -0.39 is 0 Å². The number of aldehydes is 1. The summed E-state index contributed by atoms with van der Waals surface area (Å²) in [5.74, 6) is 0.567. The van der Waals surface area contributed by atoms with Gasteiger partial charge in [-0.3, -0.25) is 9.59 Å². The highest BCUT2D eigenvalue weighted by molar-refractivity contribution is 5.93. The molecule has 2 rings (SSSR count). The molecule has 1 N–H and O–H groups in total. The summed E-state index contributed by atoms with van der Waals surface area (Å²) in [6, 6.07) is 8.82. The van der Waals surface area contributed by atoms with E-state index >= 15 is 0 Å². The second-order valence-corrected chi connectivity index (χ2v) is 5.64. The van der Waals surface area contributed by atoms with Crippen molar-refractivity contribution in [3.8, 4) is 11.5 Å². The van der Waals surface area contributed by atoms with E-state index in [-0.39, 0.29) is 12.5 Å². The topological polar surface area (TPSA) is 64.6 Å². The van der Waals surface area contributed by atoms with Gasteiger partial charge in [-0.1, -0.05) is 17.7 Å². The fraction of sp³-hybridized carbons (Fsp3) is 0.263. The summed E-state index contributed by atoms with van der Waals surface area (Å²) in [5.41, 5.74) is 4.45. The predicted octanol–water partition coefficient (Wildman–Crippen LogP) is 3.45. The van der Waals surface area contributed by atoms with Gasteiger partial charge in [-0.15, -0.1) is 0 Å². The normalized spacial score (nSPS) is 10.2. The Hall–Kier alpha value is -2.82. The Morgan fingerprint density at radius 2 is 1.75 bits per heavy atom.